The summed E-state index contributed by atoms with van der Waals surface area (Å²) < 4.78 is 0. The molecule has 1 amide bonds. The number of nitrogens with two attached hydrogens (primary N) is 1. The third kappa shape index (κ3) is 3.93. The van der Waals surface area contributed by atoms with Gasteiger partial charge in [-0.25, -0.2) is 4.98 Å². The molecule has 0 spiro atoms. The van der Waals surface area contributed by atoms with Gasteiger partial charge in [-0.2, -0.15) is 0 Å². The zero-order valence-corrected chi connectivity index (χ0v) is 10.2. The lowest BCUT2D eigenvalue weighted by atomic mass is 10.3. The molecule has 4 nitrogen and oxygen atoms in total. The molecular formula is C9H13N3OS2. The summed E-state index contributed by atoms with van der Waals surface area (Å²) >= 11 is 6.22. The lowest BCUT2D eigenvalue weighted by Crippen LogP contribution is -2.29. The number of carbonyl (C=O) groups is 1. The van der Waals surface area contributed by atoms with Crippen molar-refractivity contribution in [1.29, 1.82) is 0 Å². The SMILES string of the molecule is Cc1cnc(C(C)NC(=O)CC(N)=S)s1. The van der Waals surface area contributed by atoms with E-state index in [9.17, 15) is 4.79 Å². The molecule has 0 aliphatic rings. The second-order valence-corrected chi connectivity index (χ2v) is 5.03. The first-order valence-electron chi connectivity index (χ1n) is 4.49. The quantitative estimate of drug-likeness (QED) is 0.782. The summed E-state index contributed by atoms with van der Waals surface area (Å²) in [6, 6.07) is -0.0921. The molecule has 1 atom stereocenters. The van der Waals surface area contributed by atoms with E-state index in [2.05, 4.69) is 22.5 Å². The molecule has 6 heteroatoms. The summed E-state index contributed by atoms with van der Waals surface area (Å²) in [5.41, 5.74) is 5.27. The molecule has 0 aromatic carbocycles. The van der Waals surface area contributed by atoms with Crippen molar-refractivity contribution in [2.45, 2.75) is 26.3 Å². The van der Waals surface area contributed by atoms with Crippen molar-refractivity contribution in [2.75, 3.05) is 0 Å². The zero-order chi connectivity index (χ0) is 11.4. The van der Waals surface area contributed by atoms with Gasteiger partial charge in [0.2, 0.25) is 5.91 Å². The highest BCUT2D eigenvalue weighted by Gasteiger charge is 2.12. The van der Waals surface area contributed by atoms with Gasteiger partial charge in [-0.3, -0.25) is 4.79 Å². The molecule has 0 aliphatic carbocycles. The predicted molar refractivity (Wildman–Crippen MR) is 64.8 cm³/mol. The van der Waals surface area contributed by atoms with Crippen molar-refractivity contribution in [3.05, 3.63) is 16.1 Å². The summed E-state index contributed by atoms with van der Waals surface area (Å²) in [6.45, 7) is 3.86. The Balaban J connectivity index is 2.52. The van der Waals surface area contributed by atoms with Crippen molar-refractivity contribution < 1.29 is 4.79 Å². The number of hydrogen-bond donors (Lipinski definition) is 2. The van der Waals surface area contributed by atoms with Crippen LogP contribution in [-0.4, -0.2) is 15.9 Å². The van der Waals surface area contributed by atoms with Crippen LogP contribution >= 0.6 is 23.6 Å². The Kier molecular flexibility index (Phi) is 4.16. The maximum absolute atomic E-state index is 11.3. The molecule has 1 heterocycles. The van der Waals surface area contributed by atoms with E-state index in [0.29, 0.717) is 0 Å². The highest BCUT2D eigenvalue weighted by atomic mass is 32.1. The van der Waals surface area contributed by atoms with E-state index in [4.69, 9.17) is 5.73 Å². The highest BCUT2D eigenvalue weighted by Crippen LogP contribution is 2.18. The molecule has 0 saturated heterocycles. The van der Waals surface area contributed by atoms with Crippen molar-refractivity contribution in [2.24, 2.45) is 5.73 Å². The lowest BCUT2D eigenvalue weighted by molar-refractivity contribution is -0.120. The van der Waals surface area contributed by atoms with Crippen LogP contribution in [0.3, 0.4) is 0 Å². The van der Waals surface area contributed by atoms with Crippen LogP contribution in [0.15, 0.2) is 6.20 Å². The van der Waals surface area contributed by atoms with Gasteiger partial charge in [0, 0.05) is 11.1 Å². The minimum atomic E-state index is -0.164. The van der Waals surface area contributed by atoms with Crippen LogP contribution in [0.2, 0.25) is 0 Å². The maximum Gasteiger partial charge on any atom is 0.227 e. The average Bonchev–Trinajstić information content (AvgIpc) is 2.49. The van der Waals surface area contributed by atoms with Gasteiger partial charge in [-0.1, -0.05) is 12.2 Å². The first-order valence-corrected chi connectivity index (χ1v) is 5.71. The fraction of sp³-hybridized carbons (Fsp3) is 0.444. The number of amides is 1. The average molecular weight is 243 g/mol. The van der Waals surface area contributed by atoms with Crippen molar-refractivity contribution in [1.82, 2.24) is 10.3 Å². The normalized spacial score (nSPS) is 12.1. The second kappa shape index (κ2) is 5.18. The van der Waals surface area contributed by atoms with Gasteiger partial charge in [0.15, 0.2) is 0 Å². The molecule has 0 aliphatic heterocycles. The van der Waals surface area contributed by atoms with Crippen molar-refractivity contribution in [3.63, 3.8) is 0 Å². The number of carbonyl (C=O) groups excluding carboxylic acids is 1. The monoisotopic (exact) mass is 243 g/mol. The first kappa shape index (κ1) is 12.1. The number of nitrogens with zero attached hydrogens (tertiary/aromatic N) is 1. The standard InChI is InChI=1S/C9H13N3OS2/c1-5-4-11-9(15-5)6(2)12-8(13)3-7(10)14/h4,6H,3H2,1-2H3,(H2,10,14)(H,12,13). The molecule has 1 unspecified atom stereocenters. The van der Waals surface area contributed by atoms with E-state index in [-0.39, 0.29) is 23.4 Å². The molecule has 0 saturated carbocycles. The third-order valence-corrected chi connectivity index (χ3v) is 2.96. The number of aromatic nitrogens is 1. The molecule has 0 radical (unpaired) electrons. The molecule has 1 aromatic heterocycles. The second-order valence-electron chi connectivity index (χ2n) is 3.24. The Morgan fingerprint density at radius 2 is 2.47 bits per heavy atom. The number of hydrogen-bond acceptors (Lipinski definition) is 4. The fourth-order valence-corrected chi connectivity index (χ4v) is 1.99. The van der Waals surface area contributed by atoms with Gasteiger partial charge in [0.1, 0.15) is 5.01 Å². The van der Waals surface area contributed by atoms with Gasteiger partial charge >= 0.3 is 0 Å². The van der Waals surface area contributed by atoms with E-state index in [1.165, 1.54) is 0 Å². The Bertz CT molecular complexity index is 375. The molecule has 0 bridgehead atoms. The van der Waals surface area contributed by atoms with E-state index < -0.39 is 0 Å². The van der Waals surface area contributed by atoms with E-state index in [1.807, 2.05) is 13.8 Å². The Hall–Kier alpha value is -1.01. The summed E-state index contributed by atoms with van der Waals surface area (Å²) in [5.74, 6) is -0.164. The van der Waals surface area contributed by atoms with Crippen LogP contribution in [0.5, 0.6) is 0 Å². The third-order valence-electron chi connectivity index (χ3n) is 1.72. The van der Waals surface area contributed by atoms with Crippen LogP contribution in [-0.2, 0) is 4.79 Å². The highest BCUT2D eigenvalue weighted by molar-refractivity contribution is 7.80. The molecule has 0 fully saturated rings. The van der Waals surface area contributed by atoms with E-state index in [1.54, 1.807) is 17.5 Å². The minimum Gasteiger partial charge on any atom is -0.393 e. The Morgan fingerprint density at radius 3 is 2.93 bits per heavy atom. The topological polar surface area (TPSA) is 68.0 Å². The van der Waals surface area contributed by atoms with E-state index in [0.717, 1.165) is 9.88 Å². The lowest BCUT2D eigenvalue weighted by Gasteiger charge is -2.10. The first-order chi connectivity index (χ1) is 6.99. The summed E-state index contributed by atoms with van der Waals surface area (Å²) in [5, 5.41) is 3.67. The molecule has 1 aromatic rings. The zero-order valence-electron chi connectivity index (χ0n) is 8.61. The summed E-state index contributed by atoms with van der Waals surface area (Å²) in [4.78, 5) is 16.9. The van der Waals surface area contributed by atoms with Crippen LogP contribution in [0.4, 0.5) is 0 Å². The van der Waals surface area contributed by atoms with Crippen LogP contribution < -0.4 is 11.1 Å². The smallest absolute Gasteiger partial charge is 0.227 e. The molecule has 3 N–H and O–H groups in total. The maximum atomic E-state index is 11.3. The number of rotatable bonds is 4. The van der Waals surface area contributed by atoms with Gasteiger partial charge in [0.25, 0.3) is 0 Å². The Labute approximate surface area is 97.9 Å². The number of thiazole rings is 1. The number of thiocarbonyl (C=S) groups is 1. The van der Waals surface area contributed by atoms with Gasteiger partial charge in [0.05, 0.1) is 17.5 Å². The number of nitrogens with one attached hydrogen (secondary N) is 1. The molecule has 15 heavy (non-hydrogen) atoms. The molecule has 82 valence electrons. The summed E-state index contributed by atoms with van der Waals surface area (Å²) in [6.07, 6.45) is 1.88. The van der Waals surface area contributed by atoms with Crippen LogP contribution in [0.25, 0.3) is 0 Å². The Morgan fingerprint density at radius 1 is 1.80 bits per heavy atom. The van der Waals surface area contributed by atoms with Crippen molar-refractivity contribution >= 4 is 34.5 Å². The fourth-order valence-electron chi connectivity index (χ4n) is 1.08. The van der Waals surface area contributed by atoms with Crippen LogP contribution in [0, 0.1) is 6.92 Å². The minimum absolute atomic E-state index is 0.0873. The largest absolute Gasteiger partial charge is 0.393 e. The van der Waals surface area contributed by atoms with E-state index >= 15 is 0 Å². The van der Waals surface area contributed by atoms with Gasteiger partial charge < -0.3 is 11.1 Å². The van der Waals surface area contributed by atoms with Gasteiger partial charge in [-0.15, -0.1) is 11.3 Å². The molecular weight excluding hydrogens is 230 g/mol. The van der Waals surface area contributed by atoms with Crippen molar-refractivity contribution in [3.8, 4) is 0 Å². The molecule has 1 rings (SSSR count). The number of aryl methyl sites for hydroxylation is 1. The summed E-state index contributed by atoms with van der Waals surface area (Å²) in [7, 11) is 0. The van der Waals surface area contributed by atoms with Gasteiger partial charge in [-0.05, 0) is 13.8 Å². The van der Waals surface area contributed by atoms with Crippen LogP contribution in [0.1, 0.15) is 29.3 Å². The predicted octanol–water partition coefficient (Wildman–Crippen LogP) is 1.30.